The number of benzene rings is 1. The van der Waals surface area contributed by atoms with Crippen molar-refractivity contribution in [2.24, 2.45) is 0 Å². The topological polar surface area (TPSA) is 66.1 Å². The molecule has 0 aliphatic rings. The van der Waals surface area contributed by atoms with Crippen LogP contribution in [0, 0.1) is 6.92 Å². The Kier molecular flexibility index (Phi) is 3.78. The molecule has 1 aromatic carbocycles. The Morgan fingerprint density at radius 3 is 2.61 bits per heavy atom. The molecule has 0 saturated heterocycles. The summed E-state index contributed by atoms with van der Waals surface area (Å²) in [5.74, 6) is -0.113. The summed E-state index contributed by atoms with van der Waals surface area (Å²) in [6.07, 6.45) is 0. The molecular weight excluding hydrogens is 248 g/mol. The molecule has 0 bridgehead atoms. The van der Waals surface area contributed by atoms with Gasteiger partial charge >= 0.3 is 0 Å². The molecule has 0 spiro atoms. The van der Waals surface area contributed by atoms with Crippen molar-refractivity contribution < 1.29 is 4.79 Å². The van der Waals surface area contributed by atoms with Crippen LogP contribution in [0.3, 0.4) is 0 Å². The number of rotatable bonds is 4. The van der Waals surface area contributed by atoms with Gasteiger partial charge in [-0.15, -0.1) is 0 Å². The molecule has 2 rings (SSSR count). The van der Waals surface area contributed by atoms with Crippen molar-refractivity contribution in [1.82, 2.24) is 10.3 Å². The van der Waals surface area contributed by atoms with Crippen molar-refractivity contribution in [3.05, 3.63) is 40.9 Å². The quantitative estimate of drug-likeness (QED) is 0.739. The third-order valence-electron chi connectivity index (χ3n) is 2.32. The van der Waals surface area contributed by atoms with Gasteiger partial charge in [0.15, 0.2) is 0 Å². The summed E-state index contributed by atoms with van der Waals surface area (Å²) < 4.78 is 0. The van der Waals surface area contributed by atoms with Gasteiger partial charge in [0.2, 0.25) is 5.13 Å². The van der Waals surface area contributed by atoms with Crippen LogP contribution in [-0.2, 0) is 0 Å². The normalized spacial score (nSPS) is 9.89. The monoisotopic (exact) mass is 262 g/mol. The predicted octanol–water partition coefficient (Wildman–Crippen LogP) is 2.25. The number of carbonyl (C=O) groups excluding carboxylic acids is 1. The van der Waals surface area contributed by atoms with Crippen LogP contribution in [0.4, 0.5) is 10.8 Å². The zero-order chi connectivity index (χ0) is 13.0. The largest absolute Gasteiger partial charge is 0.354 e. The van der Waals surface area contributed by atoms with E-state index in [1.807, 2.05) is 37.3 Å². The van der Waals surface area contributed by atoms with Crippen LogP contribution in [0.2, 0.25) is 0 Å². The summed E-state index contributed by atoms with van der Waals surface area (Å²) in [6, 6.07) is 9.70. The molecule has 0 fully saturated rings. The second-order valence-electron chi connectivity index (χ2n) is 3.63. The lowest BCUT2D eigenvalue weighted by molar-refractivity contribution is 0.0966. The van der Waals surface area contributed by atoms with Gasteiger partial charge in [-0.3, -0.25) is 15.6 Å². The van der Waals surface area contributed by atoms with E-state index in [-0.39, 0.29) is 5.91 Å². The molecule has 2 aromatic rings. The maximum atomic E-state index is 11.5. The highest BCUT2D eigenvalue weighted by atomic mass is 32.1. The molecule has 1 heterocycles. The zero-order valence-corrected chi connectivity index (χ0v) is 11.0. The summed E-state index contributed by atoms with van der Waals surface area (Å²) in [6.45, 7) is 1.81. The maximum absolute atomic E-state index is 11.5. The van der Waals surface area contributed by atoms with Gasteiger partial charge < -0.3 is 5.32 Å². The number of aryl methyl sites for hydroxylation is 1. The number of aromatic nitrogens is 1. The van der Waals surface area contributed by atoms with E-state index in [0.29, 0.717) is 10.0 Å². The highest BCUT2D eigenvalue weighted by Gasteiger charge is 2.13. The van der Waals surface area contributed by atoms with Crippen molar-refractivity contribution in [3.8, 4) is 0 Å². The molecular formula is C12H14N4OS. The Morgan fingerprint density at radius 2 is 1.94 bits per heavy atom. The minimum atomic E-state index is -0.113. The van der Waals surface area contributed by atoms with E-state index in [2.05, 4.69) is 21.2 Å². The van der Waals surface area contributed by atoms with E-state index in [1.54, 1.807) is 7.05 Å². The number of amides is 1. The third kappa shape index (κ3) is 2.78. The van der Waals surface area contributed by atoms with E-state index in [0.717, 1.165) is 11.4 Å². The molecule has 1 aromatic heterocycles. The van der Waals surface area contributed by atoms with Crippen LogP contribution >= 0.6 is 11.3 Å². The number of hydrogen-bond acceptors (Lipinski definition) is 5. The van der Waals surface area contributed by atoms with Crippen LogP contribution in [0.1, 0.15) is 15.4 Å². The van der Waals surface area contributed by atoms with E-state index < -0.39 is 0 Å². The molecule has 94 valence electrons. The number of anilines is 2. The second kappa shape index (κ2) is 5.50. The Morgan fingerprint density at radius 1 is 1.22 bits per heavy atom. The van der Waals surface area contributed by atoms with Gasteiger partial charge in [-0.05, 0) is 19.1 Å². The first-order valence-electron chi connectivity index (χ1n) is 5.47. The number of hydrogen-bond donors (Lipinski definition) is 3. The SMILES string of the molecule is CNC(=O)c1sc(NNc2ccccc2)nc1C. The molecule has 0 radical (unpaired) electrons. The second-order valence-corrected chi connectivity index (χ2v) is 4.63. The lowest BCUT2D eigenvalue weighted by atomic mass is 10.3. The van der Waals surface area contributed by atoms with E-state index in [4.69, 9.17) is 0 Å². The van der Waals surface area contributed by atoms with Gasteiger partial charge in [-0.1, -0.05) is 29.5 Å². The molecule has 0 atom stereocenters. The first-order valence-corrected chi connectivity index (χ1v) is 6.29. The number of thiazole rings is 1. The zero-order valence-electron chi connectivity index (χ0n) is 10.2. The number of nitrogens with one attached hydrogen (secondary N) is 3. The number of para-hydroxylation sites is 1. The lowest BCUT2D eigenvalue weighted by Crippen LogP contribution is -2.17. The summed E-state index contributed by atoms with van der Waals surface area (Å²) in [5.41, 5.74) is 7.66. The Hall–Kier alpha value is -2.08. The third-order valence-corrected chi connectivity index (χ3v) is 3.39. The van der Waals surface area contributed by atoms with Gasteiger partial charge in [0.25, 0.3) is 5.91 Å². The summed E-state index contributed by atoms with van der Waals surface area (Å²) in [4.78, 5) is 16.4. The minimum absolute atomic E-state index is 0.113. The first kappa shape index (κ1) is 12.4. The van der Waals surface area contributed by atoms with Crippen molar-refractivity contribution in [1.29, 1.82) is 0 Å². The van der Waals surface area contributed by atoms with Crippen molar-refractivity contribution in [2.75, 3.05) is 17.9 Å². The molecule has 1 amide bonds. The van der Waals surface area contributed by atoms with Crippen LogP contribution in [0.25, 0.3) is 0 Å². The molecule has 0 saturated carbocycles. The highest BCUT2D eigenvalue weighted by Crippen LogP contribution is 2.22. The standard InChI is InChI=1S/C12H14N4OS/c1-8-10(11(17)13-2)18-12(14-8)16-15-9-6-4-3-5-7-9/h3-7,15H,1-2H3,(H,13,17)(H,14,16). The Bertz CT molecular complexity index is 538. The average molecular weight is 262 g/mol. The van der Waals surface area contributed by atoms with Gasteiger partial charge in [-0.25, -0.2) is 4.98 Å². The molecule has 0 aliphatic carbocycles. The summed E-state index contributed by atoms with van der Waals surface area (Å²) in [5, 5.41) is 3.25. The Labute approximate surface area is 109 Å². The van der Waals surface area contributed by atoms with Crippen molar-refractivity contribution in [3.63, 3.8) is 0 Å². The van der Waals surface area contributed by atoms with Gasteiger partial charge in [0.1, 0.15) is 4.88 Å². The molecule has 0 aliphatic heterocycles. The van der Waals surface area contributed by atoms with Crippen molar-refractivity contribution in [2.45, 2.75) is 6.92 Å². The number of carbonyl (C=O) groups is 1. The predicted molar refractivity (Wildman–Crippen MR) is 73.9 cm³/mol. The fourth-order valence-electron chi connectivity index (χ4n) is 1.42. The van der Waals surface area contributed by atoms with E-state index in [9.17, 15) is 4.79 Å². The van der Waals surface area contributed by atoms with Crippen molar-refractivity contribution >= 4 is 28.1 Å². The molecule has 6 heteroatoms. The number of nitrogens with zero attached hydrogens (tertiary/aromatic N) is 1. The first-order chi connectivity index (χ1) is 8.70. The van der Waals surface area contributed by atoms with Gasteiger partial charge in [-0.2, -0.15) is 0 Å². The van der Waals surface area contributed by atoms with Gasteiger partial charge in [0, 0.05) is 7.05 Å². The van der Waals surface area contributed by atoms with Crippen LogP contribution < -0.4 is 16.2 Å². The molecule has 0 unspecified atom stereocenters. The van der Waals surface area contributed by atoms with Gasteiger partial charge in [0.05, 0.1) is 11.4 Å². The van der Waals surface area contributed by atoms with Crippen LogP contribution in [0.5, 0.6) is 0 Å². The van der Waals surface area contributed by atoms with Crippen LogP contribution in [-0.4, -0.2) is 17.9 Å². The molecule has 18 heavy (non-hydrogen) atoms. The molecule has 3 N–H and O–H groups in total. The number of hydrazine groups is 1. The Balaban J connectivity index is 2.05. The van der Waals surface area contributed by atoms with E-state index >= 15 is 0 Å². The fourth-order valence-corrected chi connectivity index (χ4v) is 2.29. The summed E-state index contributed by atoms with van der Waals surface area (Å²) in [7, 11) is 1.61. The lowest BCUT2D eigenvalue weighted by Gasteiger charge is -2.05. The smallest absolute Gasteiger partial charge is 0.263 e. The average Bonchev–Trinajstić information content (AvgIpc) is 2.78. The maximum Gasteiger partial charge on any atom is 0.263 e. The summed E-state index contributed by atoms with van der Waals surface area (Å²) >= 11 is 1.31. The minimum Gasteiger partial charge on any atom is -0.354 e. The molecule has 5 nitrogen and oxygen atoms in total. The highest BCUT2D eigenvalue weighted by molar-refractivity contribution is 7.17. The van der Waals surface area contributed by atoms with E-state index in [1.165, 1.54) is 11.3 Å². The fraction of sp³-hybridized carbons (Fsp3) is 0.167. The van der Waals surface area contributed by atoms with Crippen LogP contribution in [0.15, 0.2) is 30.3 Å².